The van der Waals surface area contributed by atoms with Gasteiger partial charge in [0.1, 0.15) is 17.7 Å². The van der Waals surface area contributed by atoms with E-state index in [1.54, 1.807) is 24.3 Å². The van der Waals surface area contributed by atoms with E-state index < -0.39 is 5.97 Å². The molecule has 2 heterocycles. The normalized spacial score (nSPS) is 23.2. The highest BCUT2D eigenvalue weighted by atomic mass is 16.4. The van der Waals surface area contributed by atoms with E-state index in [1.807, 2.05) is 30.8 Å². The second-order valence-electron chi connectivity index (χ2n) is 6.32. The Hall–Kier alpha value is -2.74. The molecule has 0 aliphatic carbocycles. The smallest absolute Gasteiger partial charge is 0.335 e. The average molecular weight is 345 g/mol. The van der Waals surface area contributed by atoms with Gasteiger partial charge in [-0.25, -0.2) is 4.79 Å². The van der Waals surface area contributed by atoms with Gasteiger partial charge in [0.2, 0.25) is 5.88 Å². The third-order valence-electron chi connectivity index (χ3n) is 4.80. The van der Waals surface area contributed by atoms with Gasteiger partial charge < -0.3 is 25.3 Å². The molecular weight excluding hydrogens is 322 g/mol. The number of aliphatic imine (C=N–C) groups is 1. The summed E-state index contributed by atoms with van der Waals surface area (Å²) >= 11 is 0. The van der Waals surface area contributed by atoms with Crippen LogP contribution < -0.4 is 10.6 Å². The number of carbonyl (C=O) groups is 1. The molecule has 0 saturated carbocycles. The van der Waals surface area contributed by atoms with Crippen LogP contribution in [0.4, 0.5) is 5.69 Å². The number of aromatic carboxylic acids is 1. The van der Waals surface area contributed by atoms with Crippen molar-refractivity contribution in [2.24, 2.45) is 4.99 Å². The minimum absolute atomic E-state index is 0.0473. The number of piperazine rings is 1. The van der Waals surface area contributed by atoms with E-state index in [-0.39, 0.29) is 23.7 Å². The number of likely N-dealkylation sites (N-methyl/N-ethyl adjacent to an activating group) is 2. The zero-order valence-corrected chi connectivity index (χ0v) is 14.5. The fourth-order valence-electron chi connectivity index (χ4n) is 3.12. The third kappa shape index (κ3) is 3.25. The van der Waals surface area contributed by atoms with Crippen molar-refractivity contribution in [3.05, 3.63) is 41.4 Å². The number of carboxylic acid groups (broad SMARTS) is 1. The van der Waals surface area contributed by atoms with Crippen molar-refractivity contribution >= 4 is 17.5 Å². The van der Waals surface area contributed by atoms with Crippen LogP contribution in [0.5, 0.6) is 0 Å². The molecule has 25 heavy (non-hydrogen) atoms. The summed E-state index contributed by atoms with van der Waals surface area (Å²) in [6, 6.07) is 6.77. The molecule has 0 bridgehead atoms. The first-order chi connectivity index (χ1) is 11.9. The lowest BCUT2D eigenvalue weighted by molar-refractivity contribution is 0.0697. The van der Waals surface area contributed by atoms with Crippen LogP contribution in [0.1, 0.15) is 17.3 Å². The SMILES string of the molecule is CC1=NC(O)=C2C(NCC(CNc3ccc(C(=O)O)cc3)N2C)N1C. The monoisotopic (exact) mass is 345 g/mol. The molecular formula is C17H23N5O3. The quantitative estimate of drug-likeness (QED) is 0.649. The number of nitrogens with zero attached hydrogens (tertiary/aromatic N) is 3. The second-order valence-corrected chi connectivity index (χ2v) is 6.32. The fraction of sp³-hybridized carbons (Fsp3) is 0.412. The Bertz CT molecular complexity index is 728. The lowest BCUT2D eigenvalue weighted by Gasteiger charge is -2.46. The van der Waals surface area contributed by atoms with Gasteiger partial charge in [0, 0.05) is 32.9 Å². The molecule has 2 unspecified atom stereocenters. The molecule has 3 rings (SSSR count). The molecule has 1 saturated heterocycles. The minimum atomic E-state index is -0.937. The molecule has 0 aromatic heterocycles. The van der Waals surface area contributed by atoms with Gasteiger partial charge in [0.05, 0.1) is 11.6 Å². The molecule has 0 spiro atoms. The van der Waals surface area contributed by atoms with Crippen LogP contribution in [-0.2, 0) is 0 Å². The van der Waals surface area contributed by atoms with Crippen LogP contribution in [0.2, 0.25) is 0 Å². The van der Waals surface area contributed by atoms with E-state index >= 15 is 0 Å². The molecule has 8 nitrogen and oxygen atoms in total. The zero-order chi connectivity index (χ0) is 18.1. The van der Waals surface area contributed by atoms with Crippen molar-refractivity contribution in [1.82, 2.24) is 15.1 Å². The van der Waals surface area contributed by atoms with E-state index in [1.165, 1.54) is 0 Å². The second kappa shape index (κ2) is 6.64. The van der Waals surface area contributed by atoms with Crippen molar-refractivity contribution in [2.45, 2.75) is 19.1 Å². The number of hydrogen-bond acceptors (Lipinski definition) is 7. The standard InChI is InChI=1S/C17H23N5O3/c1-10-20-16(23)14-15(21(10)2)19-9-13(22(14)3)8-18-12-6-4-11(5-7-12)17(24)25/h4-7,13,15,18-19,23H,8-9H2,1-3H3,(H,24,25). The Labute approximate surface area is 146 Å². The molecule has 0 amide bonds. The highest BCUT2D eigenvalue weighted by Crippen LogP contribution is 2.26. The van der Waals surface area contributed by atoms with Crippen LogP contribution in [0.3, 0.4) is 0 Å². The van der Waals surface area contributed by atoms with Gasteiger partial charge in [0.15, 0.2) is 0 Å². The van der Waals surface area contributed by atoms with Crippen LogP contribution in [0.25, 0.3) is 0 Å². The van der Waals surface area contributed by atoms with Gasteiger partial charge in [0.25, 0.3) is 0 Å². The van der Waals surface area contributed by atoms with Crippen LogP contribution in [0.15, 0.2) is 40.8 Å². The van der Waals surface area contributed by atoms with Crippen LogP contribution >= 0.6 is 0 Å². The van der Waals surface area contributed by atoms with Crippen molar-refractivity contribution in [2.75, 3.05) is 32.5 Å². The summed E-state index contributed by atoms with van der Waals surface area (Å²) in [5.41, 5.74) is 1.87. The van der Waals surface area contributed by atoms with Crippen molar-refractivity contribution in [3.63, 3.8) is 0 Å². The van der Waals surface area contributed by atoms with Gasteiger partial charge in [-0.1, -0.05) is 0 Å². The molecule has 2 aliphatic heterocycles. The van der Waals surface area contributed by atoms with E-state index in [4.69, 9.17) is 5.11 Å². The highest BCUT2D eigenvalue weighted by Gasteiger charge is 2.37. The molecule has 2 aliphatic rings. The highest BCUT2D eigenvalue weighted by molar-refractivity contribution is 5.88. The molecule has 134 valence electrons. The average Bonchev–Trinajstić information content (AvgIpc) is 2.58. The first kappa shape index (κ1) is 17.1. The van der Waals surface area contributed by atoms with E-state index in [2.05, 4.69) is 15.6 Å². The molecule has 4 N–H and O–H groups in total. The Kier molecular flexibility index (Phi) is 4.54. The number of amidine groups is 1. The minimum Gasteiger partial charge on any atom is -0.492 e. The van der Waals surface area contributed by atoms with Gasteiger partial charge in [-0.05, 0) is 31.2 Å². The molecule has 1 fully saturated rings. The largest absolute Gasteiger partial charge is 0.492 e. The summed E-state index contributed by atoms with van der Waals surface area (Å²) in [6.07, 6.45) is -0.0893. The Morgan fingerprint density at radius 3 is 2.64 bits per heavy atom. The summed E-state index contributed by atoms with van der Waals surface area (Å²) in [5, 5.41) is 26.0. The maximum atomic E-state index is 10.9. The number of rotatable bonds is 4. The fourth-order valence-corrected chi connectivity index (χ4v) is 3.12. The molecule has 2 atom stereocenters. The number of hydrogen-bond donors (Lipinski definition) is 4. The first-order valence-corrected chi connectivity index (χ1v) is 8.13. The Balaban J connectivity index is 1.68. The summed E-state index contributed by atoms with van der Waals surface area (Å²) in [6.45, 7) is 3.25. The van der Waals surface area contributed by atoms with Crippen molar-refractivity contribution in [1.29, 1.82) is 0 Å². The summed E-state index contributed by atoms with van der Waals surface area (Å²) in [5.74, 6) is -0.123. The number of carboxylic acids is 1. The van der Waals surface area contributed by atoms with Gasteiger partial charge >= 0.3 is 5.97 Å². The van der Waals surface area contributed by atoms with Gasteiger partial charge in [-0.3, -0.25) is 5.32 Å². The Morgan fingerprint density at radius 1 is 1.32 bits per heavy atom. The van der Waals surface area contributed by atoms with Crippen LogP contribution in [-0.4, -0.2) is 71.2 Å². The topological polar surface area (TPSA) is 100 Å². The molecule has 8 heteroatoms. The van der Waals surface area contributed by atoms with Gasteiger partial charge in [-0.2, -0.15) is 4.99 Å². The number of benzene rings is 1. The van der Waals surface area contributed by atoms with Crippen molar-refractivity contribution in [3.8, 4) is 0 Å². The van der Waals surface area contributed by atoms with E-state index in [9.17, 15) is 9.90 Å². The lowest BCUT2D eigenvalue weighted by atomic mass is 10.1. The molecule has 1 aromatic carbocycles. The first-order valence-electron chi connectivity index (χ1n) is 8.13. The number of aliphatic hydroxyl groups excluding tert-OH is 1. The molecule has 1 aromatic rings. The summed E-state index contributed by atoms with van der Waals surface area (Å²) < 4.78 is 0. The summed E-state index contributed by atoms with van der Waals surface area (Å²) in [7, 11) is 3.89. The number of nitrogens with one attached hydrogen (secondary N) is 2. The predicted octanol–water partition coefficient (Wildman–Crippen LogP) is 1.12. The maximum Gasteiger partial charge on any atom is 0.335 e. The summed E-state index contributed by atoms with van der Waals surface area (Å²) in [4.78, 5) is 19.1. The van der Waals surface area contributed by atoms with Crippen molar-refractivity contribution < 1.29 is 15.0 Å². The van der Waals surface area contributed by atoms with Gasteiger partial charge in [-0.15, -0.1) is 0 Å². The maximum absolute atomic E-state index is 10.9. The third-order valence-corrected chi connectivity index (χ3v) is 4.80. The van der Waals surface area contributed by atoms with Crippen LogP contribution in [0, 0.1) is 0 Å². The lowest BCUT2D eigenvalue weighted by Crippen LogP contribution is -2.62. The van der Waals surface area contributed by atoms with E-state index in [0.717, 1.165) is 23.8 Å². The predicted molar refractivity (Wildman–Crippen MR) is 95.8 cm³/mol. The number of anilines is 1. The molecule has 0 radical (unpaired) electrons. The Morgan fingerprint density at radius 2 is 2.00 bits per heavy atom. The van der Waals surface area contributed by atoms with E-state index in [0.29, 0.717) is 6.54 Å². The number of aliphatic hydroxyl groups is 1. The number of fused-ring (bicyclic) bond motifs is 1. The zero-order valence-electron chi connectivity index (χ0n) is 14.5.